The molecule has 0 bridgehead atoms. The van der Waals surface area contributed by atoms with Gasteiger partial charge in [0.15, 0.2) is 0 Å². The maximum atomic E-state index is 12.5. The smallest absolute Gasteiger partial charge is 0.267 e. The van der Waals surface area contributed by atoms with Crippen molar-refractivity contribution in [2.24, 2.45) is 11.5 Å². The molecule has 0 aromatic carbocycles. The van der Waals surface area contributed by atoms with Crippen molar-refractivity contribution in [3.05, 3.63) is 29.6 Å². The number of hydrogen-bond acceptors (Lipinski definition) is 4. The highest BCUT2D eigenvalue weighted by Crippen LogP contribution is 2.21. The minimum atomic E-state index is -0.601. The maximum absolute atomic E-state index is 12.5. The molecule has 4 N–H and O–H groups in total. The van der Waals surface area contributed by atoms with Crippen molar-refractivity contribution >= 4 is 11.8 Å². The second-order valence-electron chi connectivity index (χ2n) is 5.22. The first-order valence-electron chi connectivity index (χ1n) is 6.83. The Morgan fingerprint density at radius 2 is 2.15 bits per heavy atom. The number of nitrogens with two attached hydrogens (primary N) is 2. The maximum Gasteiger partial charge on any atom is 0.267 e. The lowest BCUT2D eigenvalue weighted by molar-refractivity contribution is 0.0583. The highest BCUT2D eigenvalue weighted by atomic mass is 16.2. The predicted octanol–water partition coefficient (Wildman–Crippen LogP) is 0.522. The molecule has 1 aliphatic rings. The summed E-state index contributed by atoms with van der Waals surface area (Å²) in [5.74, 6) is -0.689. The van der Waals surface area contributed by atoms with E-state index >= 15 is 0 Å². The molecule has 0 unspecified atom stereocenters. The van der Waals surface area contributed by atoms with E-state index in [0.717, 1.165) is 19.3 Å². The van der Waals surface area contributed by atoms with Crippen molar-refractivity contribution < 1.29 is 9.59 Å². The lowest BCUT2D eigenvalue weighted by atomic mass is 9.96. The Kier molecular flexibility index (Phi) is 4.34. The zero-order valence-corrected chi connectivity index (χ0v) is 11.6. The third-order valence-corrected chi connectivity index (χ3v) is 3.68. The summed E-state index contributed by atoms with van der Waals surface area (Å²) in [6, 6.07) is 3.06. The lowest BCUT2D eigenvalue weighted by Crippen LogP contribution is -2.51. The number of carbonyl (C=O) groups is 2. The summed E-state index contributed by atoms with van der Waals surface area (Å²) in [6.07, 6.45) is 4.40. The van der Waals surface area contributed by atoms with Gasteiger partial charge in [-0.15, -0.1) is 0 Å². The number of hydrogen-bond donors (Lipinski definition) is 2. The fourth-order valence-corrected chi connectivity index (χ4v) is 2.59. The molecular formula is C14H20N4O2. The number of likely N-dealkylation sites (tertiary alicyclic amines) is 1. The van der Waals surface area contributed by atoms with E-state index < -0.39 is 5.91 Å². The van der Waals surface area contributed by atoms with E-state index in [1.807, 2.05) is 11.8 Å². The van der Waals surface area contributed by atoms with Crippen LogP contribution in [0.4, 0.5) is 0 Å². The van der Waals surface area contributed by atoms with Crippen LogP contribution in [0, 0.1) is 0 Å². The van der Waals surface area contributed by atoms with Gasteiger partial charge in [0.05, 0.1) is 5.56 Å². The average molecular weight is 276 g/mol. The first kappa shape index (κ1) is 14.5. The van der Waals surface area contributed by atoms with Crippen LogP contribution in [0.15, 0.2) is 18.3 Å². The molecule has 1 aromatic rings. The van der Waals surface area contributed by atoms with E-state index in [9.17, 15) is 9.59 Å². The van der Waals surface area contributed by atoms with Crippen molar-refractivity contribution in [2.45, 2.75) is 38.3 Å². The summed E-state index contributed by atoms with van der Waals surface area (Å²) < 4.78 is 0. The first-order chi connectivity index (χ1) is 9.50. The van der Waals surface area contributed by atoms with Gasteiger partial charge < -0.3 is 16.4 Å². The van der Waals surface area contributed by atoms with Gasteiger partial charge >= 0.3 is 0 Å². The largest absolute Gasteiger partial charge is 0.364 e. The van der Waals surface area contributed by atoms with Crippen molar-refractivity contribution in [2.75, 3.05) is 6.54 Å². The first-order valence-corrected chi connectivity index (χ1v) is 6.83. The molecule has 6 nitrogen and oxygen atoms in total. The highest BCUT2D eigenvalue weighted by molar-refractivity contribution is 5.96. The van der Waals surface area contributed by atoms with Crippen LogP contribution in [-0.4, -0.2) is 40.3 Å². The summed E-state index contributed by atoms with van der Waals surface area (Å²) in [7, 11) is 0. The molecule has 2 heterocycles. The highest BCUT2D eigenvalue weighted by Gasteiger charge is 2.29. The van der Waals surface area contributed by atoms with Crippen LogP contribution in [-0.2, 0) is 0 Å². The van der Waals surface area contributed by atoms with Gasteiger partial charge in [-0.05, 0) is 38.3 Å². The van der Waals surface area contributed by atoms with Gasteiger partial charge in [0, 0.05) is 24.8 Å². The molecule has 1 fully saturated rings. The second kappa shape index (κ2) is 6.00. The molecule has 2 rings (SSSR count). The average Bonchev–Trinajstić information content (AvgIpc) is 2.46. The lowest BCUT2D eigenvalue weighted by Gasteiger charge is -2.38. The molecular weight excluding hydrogens is 256 g/mol. The number of carbonyl (C=O) groups excluding carboxylic acids is 2. The van der Waals surface area contributed by atoms with Gasteiger partial charge in [-0.3, -0.25) is 14.6 Å². The summed E-state index contributed by atoms with van der Waals surface area (Å²) >= 11 is 0. The van der Waals surface area contributed by atoms with Gasteiger partial charge in [-0.1, -0.05) is 0 Å². The van der Waals surface area contributed by atoms with E-state index in [0.29, 0.717) is 12.1 Å². The third-order valence-electron chi connectivity index (χ3n) is 3.68. The number of amides is 2. The summed E-state index contributed by atoms with van der Waals surface area (Å²) in [5, 5.41) is 0. The Balaban J connectivity index is 2.18. The Hall–Kier alpha value is -1.95. The van der Waals surface area contributed by atoms with Crippen LogP contribution in [0.1, 0.15) is 47.0 Å². The minimum Gasteiger partial charge on any atom is -0.364 e. The van der Waals surface area contributed by atoms with Crippen LogP contribution >= 0.6 is 0 Å². The van der Waals surface area contributed by atoms with Crippen LogP contribution in [0.3, 0.4) is 0 Å². The van der Waals surface area contributed by atoms with Crippen LogP contribution < -0.4 is 11.5 Å². The van der Waals surface area contributed by atoms with E-state index in [4.69, 9.17) is 11.5 Å². The molecule has 1 aromatic heterocycles. The van der Waals surface area contributed by atoms with Crippen molar-refractivity contribution in [1.29, 1.82) is 0 Å². The quantitative estimate of drug-likeness (QED) is 0.840. The summed E-state index contributed by atoms with van der Waals surface area (Å²) in [4.78, 5) is 29.2. The topological polar surface area (TPSA) is 102 Å². The molecule has 2 amide bonds. The van der Waals surface area contributed by atoms with Crippen molar-refractivity contribution in [3.8, 4) is 0 Å². The molecule has 1 aliphatic heterocycles. The van der Waals surface area contributed by atoms with Gasteiger partial charge in [0.2, 0.25) is 0 Å². The Morgan fingerprint density at radius 1 is 1.40 bits per heavy atom. The molecule has 0 saturated carbocycles. The fourth-order valence-electron chi connectivity index (χ4n) is 2.59. The molecule has 0 spiro atoms. The Labute approximate surface area is 118 Å². The number of aromatic nitrogens is 1. The minimum absolute atomic E-state index is 0.0582. The monoisotopic (exact) mass is 276 g/mol. The molecule has 2 atom stereocenters. The zero-order valence-electron chi connectivity index (χ0n) is 11.6. The van der Waals surface area contributed by atoms with Crippen LogP contribution in [0.5, 0.6) is 0 Å². The molecule has 0 radical (unpaired) electrons. The SMILES string of the molecule is C[C@@H](N)[C@H]1CCCCN1C(=O)c1ccc(C(N)=O)nc1. The van der Waals surface area contributed by atoms with E-state index in [-0.39, 0.29) is 23.7 Å². The Morgan fingerprint density at radius 3 is 2.70 bits per heavy atom. The van der Waals surface area contributed by atoms with Crippen LogP contribution in [0.25, 0.3) is 0 Å². The summed E-state index contributed by atoms with van der Waals surface area (Å²) in [5.41, 5.74) is 11.7. The number of primary amides is 1. The third kappa shape index (κ3) is 2.96. The van der Waals surface area contributed by atoms with Crippen molar-refractivity contribution in [3.63, 3.8) is 0 Å². The molecule has 0 aliphatic carbocycles. The van der Waals surface area contributed by atoms with E-state index in [1.54, 1.807) is 6.07 Å². The number of rotatable bonds is 3. The second-order valence-corrected chi connectivity index (χ2v) is 5.22. The van der Waals surface area contributed by atoms with E-state index in [1.165, 1.54) is 12.3 Å². The predicted molar refractivity (Wildman–Crippen MR) is 75.1 cm³/mol. The molecule has 20 heavy (non-hydrogen) atoms. The zero-order chi connectivity index (χ0) is 14.7. The summed E-state index contributed by atoms with van der Waals surface area (Å²) in [6.45, 7) is 2.63. The van der Waals surface area contributed by atoms with Gasteiger partial charge in [-0.2, -0.15) is 0 Å². The van der Waals surface area contributed by atoms with Crippen LogP contribution in [0.2, 0.25) is 0 Å². The van der Waals surface area contributed by atoms with Crippen molar-refractivity contribution in [1.82, 2.24) is 9.88 Å². The van der Waals surface area contributed by atoms with Gasteiger partial charge in [-0.25, -0.2) is 0 Å². The Bertz CT molecular complexity index is 498. The normalized spacial score (nSPS) is 20.5. The number of piperidine rings is 1. The van der Waals surface area contributed by atoms with Gasteiger partial charge in [0.25, 0.3) is 11.8 Å². The number of pyridine rings is 1. The molecule has 108 valence electrons. The molecule has 6 heteroatoms. The standard InChI is InChI=1S/C14H20N4O2/c1-9(15)12-4-2-3-7-18(12)14(20)10-5-6-11(13(16)19)17-8-10/h5-6,8-9,12H,2-4,7,15H2,1H3,(H2,16,19)/t9-,12-/m1/s1. The molecule has 1 saturated heterocycles. The number of nitrogens with zero attached hydrogens (tertiary/aromatic N) is 2. The van der Waals surface area contributed by atoms with E-state index in [2.05, 4.69) is 4.98 Å². The fraction of sp³-hybridized carbons (Fsp3) is 0.500. The van der Waals surface area contributed by atoms with Gasteiger partial charge in [0.1, 0.15) is 5.69 Å².